The van der Waals surface area contributed by atoms with Gasteiger partial charge in [-0.2, -0.15) is 9.19 Å². The van der Waals surface area contributed by atoms with Crippen LogP contribution < -0.4 is 0 Å². The van der Waals surface area contributed by atoms with Gasteiger partial charge in [-0.05, 0) is 12.5 Å². The lowest BCUT2D eigenvalue weighted by Gasteiger charge is -2.04. The second kappa shape index (κ2) is 4.94. The van der Waals surface area contributed by atoms with Crippen molar-refractivity contribution >= 4 is 32.0 Å². The van der Waals surface area contributed by atoms with Crippen molar-refractivity contribution in [2.24, 2.45) is 0 Å². The highest BCUT2D eigenvalue weighted by molar-refractivity contribution is 7.89. The molecule has 0 aliphatic carbocycles. The zero-order chi connectivity index (χ0) is 14.2. The van der Waals surface area contributed by atoms with Crippen LogP contribution in [0.4, 0.5) is 0 Å². The minimum absolute atomic E-state index is 0.136. The van der Waals surface area contributed by atoms with Crippen LogP contribution in [0.5, 0.6) is 0 Å². The van der Waals surface area contributed by atoms with Gasteiger partial charge in [0.25, 0.3) is 10.0 Å². The number of hydrogen-bond donors (Lipinski definition) is 1. The van der Waals surface area contributed by atoms with Crippen LogP contribution >= 0.6 is 0 Å². The molecule has 0 bridgehead atoms. The van der Waals surface area contributed by atoms with E-state index in [0.717, 1.165) is 29.3 Å². The number of aromatic amines is 1. The van der Waals surface area contributed by atoms with Crippen LogP contribution in [0.25, 0.3) is 21.9 Å². The van der Waals surface area contributed by atoms with Crippen LogP contribution in [0.15, 0.2) is 30.5 Å². The minimum Gasteiger partial charge on any atom is -0.352 e. The SMILES string of the molecule is CCCCCS(=O)(=O)n1ncc2[nH]c3ccccc3c21. The van der Waals surface area contributed by atoms with Gasteiger partial charge in [0.05, 0.1) is 17.5 Å². The van der Waals surface area contributed by atoms with E-state index in [-0.39, 0.29) is 5.75 Å². The maximum atomic E-state index is 12.4. The Morgan fingerprint density at radius 1 is 1.20 bits per heavy atom. The Kier molecular flexibility index (Phi) is 3.25. The first kappa shape index (κ1) is 13.2. The van der Waals surface area contributed by atoms with Crippen LogP contribution in [0.3, 0.4) is 0 Å². The Balaban J connectivity index is 2.12. The smallest absolute Gasteiger partial charge is 0.254 e. The molecule has 2 aromatic heterocycles. The quantitative estimate of drug-likeness (QED) is 0.735. The number of fused-ring (bicyclic) bond motifs is 3. The molecule has 6 heteroatoms. The number of hydrogen-bond acceptors (Lipinski definition) is 3. The minimum atomic E-state index is -3.39. The topological polar surface area (TPSA) is 67.8 Å². The molecule has 0 unspecified atom stereocenters. The second-order valence-corrected chi connectivity index (χ2v) is 6.86. The van der Waals surface area contributed by atoms with E-state index in [1.807, 2.05) is 24.3 Å². The van der Waals surface area contributed by atoms with Crippen LogP contribution in [-0.2, 0) is 10.0 Å². The van der Waals surface area contributed by atoms with Crippen molar-refractivity contribution in [3.63, 3.8) is 0 Å². The van der Waals surface area contributed by atoms with E-state index in [0.29, 0.717) is 11.9 Å². The molecule has 0 radical (unpaired) electrons. The van der Waals surface area contributed by atoms with E-state index in [9.17, 15) is 8.42 Å². The molecule has 0 saturated heterocycles. The molecule has 0 aliphatic rings. The lowest BCUT2D eigenvalue weighted by Crippen LogP contribution is -2.17. The molecule has 1 aromatic carbocycles. The highest BCUT2D eigenvalue weighted by Crippen LogP contribution is 2.26. The predicted molar refractivity (Wildman–Crippen MR) is 80.3 cm³/mol. The third-order valence-electron chi connectivity index (χ3n) is 3.46. The summed E-state index contributed by atoms with van der Waals surface area (Å²) in [6, 6.07) is 7.67. The van der Waals surface area contributed by atoms with Gasteiger partial charge < -0.3 is 4.98 Å². The number of nitrogens with one attached hydrogen (secondary N) is 1. The molecule has 0 spiro atoms. The van der Waals surface area contributed by atoms with Gasteiger partial charge >= 0.3 is 0 Å². The summed E-state index contributed by atoms with van der Waals surface area (Å²) in [5.41, 5.74) is 2.33. The summed E-state index contributed by atoms with van der Waals surface area (Å²) < 4.78 is 26.0. The van der Waals surface area contributed by atoms with Crippen molar-refractivity contribution in [1.29, 1.82) is 0 Å². The van der Waals surface area contributed by atoms with E-state index in [2.05, 4.69) is 17.0 Å². The number of para-hydroxylation sites is 1. The van der Waals surface area contributed by atoms with Gasteiger partial charge in [-0.3, -0.25) is 0 Å². The highest BCUT2D eigenvalue weighted by Gasteiger charge is 2.19. The summed E-state index contributed by atoms with van der Waals surface area (Å²) in [7, 11) is -3.39. The van der Waals surface area contributed by atoms with Crippen LogP contribution in [0.2, 0.25) is 0 Å². The molecular formula is C14H17N3O2S. The lowest BCUT2D eigenvalue weighted by molar-refractivity contribution is 0.577. The van der Waals surface area contributed by atoms with Crippen molar-refractivity contribution < 1.29 is 8.42 Å². The number of nitrogens with zero attached hydrogens (tertiary/aromatic N) is 2. The number of benzene rings is 1. The summed E-state index contributed by atoms with van der Waals surface area (Å²) in [6.07, 6.45) is 4.16. The van der Waals surface area contributed by atoms with Gasteiger partial charge in [-0.1, -0.05) is 38.0 Å². The van der Waals surface area contributed by atoms with Crippen molar-refractivity contribution in [2.45, 2.75) is 26.2 Å². The Bertz CT molecular complexity index is 846. The molecule has 1 N–H and O–H groups in total. The fourth-order valence-electron chi connectivity index (χ4n) is 2.45. The zero-order valence-electron chi connectivity index (χ0n) is 11.3. The lowest BCUT2D eigenvalue weighted by atomic mass is 10.2. The maximum Gasteiger partial charge on any atom is 0.254 e. The average Bonchev–Trinajstić information content (AvgIpc) is 2.97. The fraction of sp³-hybridized carbons (Fsp3) is 0.357. The first-order chi connectivity index (χ1) is 9.63. The average molecular weight is 291 g/mol. The van der Waals surface area contributed by atoms with Crippen LogP contribution in [0.1, 0.15) is 26.2 Å². The predicted octanol–water partition coefficient (Wildman–Crippen LogP) is 2.89. The van der Waals surface area contributed by atoms with E-state index in [1.165, 1.54) is 4.09 Å². The molecule has 0 atom stereocenters. The monoisotopic (exact) mass is 291 g/mol. The van der Waals surface area contributed by atoms with Gasteiger partial charge in [-0.15, -0.1) is 0 Å². The molecule has 106 valence electrons. The van der Waals surface area contributed by atoms with Crippen molar-refractivity contribution in [3.05, 3.63) is 30.5 Å². The number of H-pyrrole nitrogens is 1. The molecule has 0 fully saturated rings. The van der Waals surface area contributed by atoms with E-state index in [4.69, 9.17) is 0 Å². The molecule has 3 rings (SSSR count). The van der Waals surface area contributed by atoms with Gasteiger partial charge in [0, 0.05) is 10.9 Å². The van der Waals surface area contributed by atoms with E-state index >= 15 is 0 Å². The molecule has 0 saturated carbocycles. The standard InChI is InChI=1S/C14H17N3O2S/c1-2-3-6-9-20(18,19)17-14-11-7-4-5-8-12(11)16-13(14)10-15-17/h4-5,7-8,10,16H,2-3,6,9H2,1H3. The van der Waals surface area contributed by atoms with Gasteiger partial charge in [0.15, 0.2) is 0 Å². The Morgan fingerprint density at radius 3 is 2.80 bits per heavy atom. The first-order valence-electron chi connectivity index (χ1n) is 6.81. The zero-order valence-corrected chi connectivity index (χ0v) is 12.2. The Hall–Kier alpha value is -1.82. The summed E-state index contributed by atoms with van der Waals surface area (Å²) in [5.74, 6) is 0.136. The van der Waals surface area contributed by atoms with Gasteiger partial charge in [0.1, 0.15) is 5.52 Å². The van der Waals surface area contributed by atoms with E-state index < -0.39 is 10.0 Å². The molecule has 5 nitrogen and oxygen atoms in total. The summed E-state index contributed by atoms with van der Waals surface area (Å²) in [6.45, 7) is 2.05. The van der Waals surface area contributed by atoms with Crippen molar-refractivity contribution in [2.75, 3.05) is 5.75 Å². The van der Waals surface area contributed by atoms with Crippen LogP contribution in [-0.4, -0.2) is 28.3 Å². The number of rotatable bonds is 5. The molecule has 0 amide bonds. The number of unbranched alkanes of at least 4 members (excludes halogenated alkanes) is 2. The third-order valence-corrected chi connectivity index (χ3v) is 5.07. The third kappa shape index (κ3) is 2.10. The van der Waals surface area contributed by atoms with Gasteiger partial charge in [-0.25, -0.2) is 8.42 Å². The molecule has 3 aromatic rings. The maximum absolute atomic E-state index is 12.4. The molecular weight excluding hydrogens is 274 g/mol. The fourth-order valence-corrected chi connectivity index (χ4v) is 3.85. The summed E-state index contributed by atoms with van der Waals surface area (Å²) in [5, 5.41) is 4.94. The highest BCUT2D eigenvalue weighted by atomic mass is 32.2. The van der Waals surface area contributed by atoms with E-state index in [1.54, 1.807) is 6.20 Å². The van der Waals surface area contributed by atoms with Gasteiger partial charge in [0.2, 0.25) is 0 Å². The van der Waals surface area contributed by atoms with Crippen molar-refractivity contribution in [3.8, 4) is 0 Å². The Labute approximate surface area is 117 Å². The van der Waals surface area contributed by atoms with Crippen LogP contribution in [0, 0.1) is 0 Å². The molecule has 2 heterocycles. The largest absolute Gasteiger partial charge is 0.352 e. The Morgan fingerprint density at radius 2 is 2.00 bits per heavy atom. The first-order valence-corrected chi connectivity index (χ1v) is 8.42. The normalized spacial score (nSPS) is 12.4. The number of aromatic nitrogens is 3. The summed E-state index contributed by atoms with van der Waals surface area (Å²) >= 11 is 0. The second-order valence-electron chi connectivity index (χ2n) is 4.94. The summed E-state index contributed by atoms with van der Waals surface area (Å²) in [4.78, 5) is 3.19. The molecule has 0 aliphatic heterocycles. The molecule has 20 heavy (non-hydrogen) atoms. The van der Waals surface area contributed by atoms with Crippen molar-refractivity contribution in [1.82, 2.24) is 14.2 Å².